The van der Waals surface area contributed by atoms with Crippen LogP contribution in [0.4, 0.5) is 4.39 Å². The molecule has 1 N–H and O–H groups in total. The molecule has 0 spiro atoms. The third-order valence-electron chi connectivity index (χ3n) is 7.16. The van der Waals surface area contributed by atoms with Gasteiger partial charge in [-0.05, 0) is 75.2 Å². The second kappa shape index (κ2) is 6.98. The number of nitrogens with one attached hydrogen (secondary N) is 1. The summed E-state index contributed by atoms with van der Waals surface area (Å²) in [5.74, 6) is 2.20. The summed E-state index contributed by atoms with van der Waals surface area (Å²) in [6.07, 6.45) is 9.54. The van der Waals surface area contributed by atoms with Crippen LogP contribution in [0.3, 0.4) is 0 Å². The SMILES string of the molecule is N=N[SH](C(=O)c1cc(Cl)c(OCC23CC4CC(CC(C4)C2)C3)cc1F)C1CC1. The van der Waals surface area contributed by atoms with Gasteiger partial charge in [-0.25, -0.2) is 4.39 Å². The summed E-state index contributed by atoms with van der Waals surface area (Å²) in [6.45, 7) is 0.583. The molecule has 1 aromatic carbocycles. The van der Waals surface area contributed by atoms with Crippen LogP contribution in [0.1, 0.15) is 61.7 Å². The maximum Gasteiger partial charge on any atom is 0.222 e. The Balaban J connectivity index is 1.32. The van der Waals surface area contributed by atoms with Crippen LogP contribution in [0.5, 0.6) is 5.75 Å². The number of thiol groups is 1. The Kier molecular flexibility index (Phi) is 4.70. The van der Waals surface area contributed by atoms with Crippen molar-refractivity contribution in [3.05, 3.63) is 28.5 Å². The fourth-order valence-corrected chi connectivity index (χ4v) is 8.10. The van der Waals surface area contributed by atoms with E-state index < -0.39 is 16.9 Å². The Bertz CT molecular complexity index is 794. The van der Waals surface area contributed by atoms with Crippen molar-refractivity contribution in [2.75, 3.05) is 6.61 Å². The molecule has 5 aliphatic rings. The summed E-state index contributed by atoms with van der Waals surface area (Å²) >= 11 is 4.87. The average Bonchev–Trinajstić information content (AvgIpc) is 3.46. The fraction of sp³-hybridized carbons (Fsp3) is 0.667. The minimum Gasteiger partial charge on any atom is -0.491 e. The van der Waals surface area contributed by atoms with Gasteiger partial charge in [0, 0.05) is 16.7 Å². The van der Waals surface area contributed by atoms with Gasteiger partial charge in [-0.1, -0.05) is 22.7 Å². The zero-order valence-corrected chi connectivity index (χ0v) is 17.4. The zero-order chi connectivity index (χ0) is 19.5. The molecule has 5 fully saturated rings. The first-order chi connectivity index (χ1) is 13.5. The van der Waals surface area contributed by atoms with Gasteiger partial charge in [0.1, 0.15) is 11.6 Å². The maximum absolute atomic E-state index is 14.7. The number of ether oxygens (including phenoxy) is 1. The molecular formula is C21H26ClFN2O2S. The molecule has 1 unspecified atom stereocenters. The van der Waals surface area contributed by atoms with E-state index in [0.717, 1.165) is 30.6 Å². The maximum atomic E-state index is 14.7. The molecule has 1 aromatic rings. The molecule has 0 amide bonds. The van der Waals surface area contributed by atoms with Crippen molar-refractivity contribution in [3.63, 3.8) is 0 Å². The molecule has 0 aromatic heterocycles. The second-order valence-electron chi connectivity index (χ2n) is 9.45. The van der Waals surface area contributed by atoms with Crippen LogP contribution in [0.2, 0.25) is 5.02 Å². The highest BCUT2D eigenvalue weighted by atomic mass is 35.5. The third kappa shape index (κ3) is 3.36. The van der Waals surface area contributed by atoms with Crippen LogP contribution in [-0.2, 0) is 0 Å². The van der Waals surface area contributed by atoms with Crippen molar-refractivity contribution < 1.29 is 13.9 Å². The average molecular weight is 425 g/mol. The van der Waals surface area contributed by atoms with Gasteiger partial charge >= 0.3 is 0 Å². The lowest BCUT2D eigenvalue weighted by molar-refractivity contribution is -0.0745. The van der Waals surface area contributed by atoms with E-state index in [2.05, 4.69) is 4.52 Å². The van der Waals surface area contributed by atoms with E-state index >= 15 is 0 Å². The number of halogens is 2. The third-order valence-corrected chi connectivity index (χ3v) is 9.54. The Labute approximate surface area is 172 Å². The van der Waals surface area contributed by atoms with Crippen LogP contribution < -0.4 is 4.74 Å². The van der Waals surface area contributed by atoms with Gasteiger partial charge < -0.3 is 4.74 Å². The van der Waals surface area contributed by atoms with Gasteiger partial charge in [0.05, 0.1) is 17.2 Å². The summed E-state index contributed by atoms with van der Waals surface area (Å²) in [5.41, 5.74) is 7.45. The number of carbonyl (C=O) groups excluding carboxylic acids is 1. The number of benzene rings is 1. The standard InChI is InChI=1S/C21H26ClFN2O2S/c22-17-6-16(20(26)28(25-24)15-1-2-15)18(23)7-19(17)27-11-21-8-12-3-13(9-21)5-14(4-12)10-21/h6-7,12-15,24,28H,1-5,8-11H2. The molecule has 28 heavy (non-hydrogen) atoms. The number of hydrogen-bond donors (Lipinski definition) is 2. The molecule has 152 valence electrons. The lowest BCUT2D eigenvalue weighted by Gasteiger charge is -2.56. The second-order valence-corrected chi connectivity index (χ2v) is 11.9. The van der Waals surface area contributed by atoms with Gasteiger partial charge in [-0.2, -0.15) is 5.53 Å². The number of carbonyl (C=O) groups is 1. The Hall–Kier alpha value is -1.14. The first-order valence-corrected chi connectivity index (χ1v) is 12.0. The highest BCUT2D eigenvalue weighted by Crippen LogP contribution is 2.60. The topological polar surface area (TPSA) is 62.5 Å². The summed E-state index contributed by atoms with van der Waals surface area (Å²) in [6, 6.07) is 2.62. The van der Waals surface area contributed by atoms with Crippen LogP contribution in [0.15, 0.2) is 16.7 Å². The predicted octanol–water partition coefficient (Wildman–Crippen LogP) is 6.32. The van der Waals surface area contributed by atoms with Gasteiger partial charge in [-0.3, -0.25) is 4.79 Å². The molecule has 6 rings (SSSR count). The molecule has 5 saturated carbocycles. The van der Waals surface area contributed by atoms with Gasteiger partial charge in [0.15, 0.2) is 0 Å². The minimum absolute atomic E-state index is 0.0545. The van der Waals surface area contributed by atoms with Gasteiger partial charge in [0.25, 0.3) is 0 Å². The monoisotopic (exact) mass is 424 g/mol. The quantitative estimate of drug-likeness (QED) is 0.414. The molecule has 0 radical (unpaired) electrons. The van der Waals surface area contributed by atoms with Crippen molar-refractivity contribution in [1.29, 1.82) is 5.53 Å². The normalized spacial score (nSPS) is 34.9. The van der Waals surface area contributed by atoms with Crippen molar-refractivity contribution in [2.45, 2.75) is 56.6 Å². The molecule has 1 atom stereocenters. The van der Waals surface area contributed by atoms with Crippen molar-refractivity contribution in [3.8, 4) is 5.75 Å². The smallest absolute Gasteiger partial charge is 0.222 e. The van der Waals surface area contributed by atoms with E-state index in [1.54, 1.807) is 0 Å². The molecule has 4 nitrogen and oxygen atoms in total. The molecule has 7 heteroatoms. The van der Waals surface area contributed by atoms with E-state index in [1.165, 1.54) is 50.7 Å². The number of rotatable bonds is 6. The first kappa shape index (κ1) is 18.9. The Morgan fingerprint density at radius 3 is 2.36 bits per heavy atom. The van der Waals surface area contributed by atoms with Crippen LogP contribution in [0.25, 0.3) is 0 Å². The molecular weight excluding hydrogens is 399 g/mol. The van der Waals surface area contributed by atoms with Crippen LogP contribution in [-0.4, -0.2) is 17.0 Å². The molecule has 4 bridgehead atoms. The van der Waals surface area contributed by atoms with Crippen molar-refractivity contribution in [2.24, 2.45) is 27.7 Å². The fourth-order valence-electron chi connectivity index (χ4n) is 6.24. The van der Waals surface area contributed by atoms with Crippen LogP contribution >= 0.6 is 22.7 Å². The van der Waals surface area contributed by atoms with E-state index in [9.17, 15) is 9.18 Å². The number of hydrogen-bond acceptors (Lipinski definition) is 4. The van der Waals surface area contributed by atoms with E-state index in [4.69, 9.17) is 21.9 Å². The van der Waals surface area contributed by atoms with E-state index in [0.29, 0.717) is 12.4 Å². The first-order valence-electron chi connectivity index (χ1n) is 10.3. The van der Waals surface area contributed by atoms with E-state index in [1.807, 2.05) is 0 Å². The Morgan fingerprint density at radius 2 is 1.82 bits per heavy atom. The predicted molar refractivity (Wildman–Crippen MR) is 109 cm³/mol. The van der Waals surface area contributed by atoms with Gasteiger partial charge in [-0.15, -0.1) is 4.52 Å². The lowest BCUT2D eigenvalue weighted by atomic mass is 9.50. The molecule has 5 aliphatic carbocycles. The number of nitrogens with zero attached hydrogens (tertiary/aromatic N) is 1. The summed E-state index contributed by atoms with van der Waals surface area (Å²) in [4.78, 5) is 12.6. The largest absolute Gasteiger partial charge is 0.491 e. The van der Waals surface area contributed by atoms with Crippen LogP contribution in [0, 0.1) is 34.5 Å². The molecule has 0 aliphatic heterocycles. The highest BCUT2D eigenvalue weighted by molar-refractivity contribution is 8.29. The summed E-state index contributed by atoms with van der Waals surface area (Å²) in [7, 11) is 0. The minimum atomic E-state index is -1.50. The zero-order valence-electron chi connectivity index (χ0n) is 15.8. The Morgan fingerprint density at radius 1 is 1.21 bits per heavy atom. The highest BCUT2D eigenvalue weighted by Gasteiger charge is 2.51. The molecule has 0 saturated heterocycles. The van der Waals surface area contributed by atoms with E-state index in [-0.39, 0.29) is 26.4 Å². The summed E-state index contributed by atoms with van der Waals surface area (Å²) in [5, 5.41) is 0.00919. The van der Waals surface area contributed by atoms with Crippen molar-refractivity contribution in [1.82, 2.24) is 0 Å². The summed E-state index contributed by atoms with van der Waals surface area (Å²) < 4.78 is 24.2. The lowest BCUT2D eigenvalue weighted by Crippen LogP contribution is -2.48. The van der Waals surface area contributed by atoms with Gasteiger partial charge in [0.2, 0.25) is 5.12 Å². The van der Waals surface area contributed by atoms with Crippen molar-refractivity contribution >= 4 is 27.8 Å². The molecule has 0 heterocycles.